The molecule has 1 unspecified atom stereocenters. The zero-order valence-electron chi connectivity index (χ0n) is 12.7. The molecule has 0 saturated carbocycles. The highest BCUT2D eigenvalue weighted by atomic mass is 127. The molecule has 0 amide bonds. The summed E-state index contributed by atoms with van der Waals surface area (Å²) in [4.78, 5) is 0. The van der Waals surface area contributed by atoms with E-state index in [4.69, 9.17) is 11.6 Å². The highest BCUT2D eigenvalue weighted by Gasteiger charge is 2.14. The van der Waals surface area contributed by atoms with Crippen LogP contribution in [0.3, 0.4) is 0 Å². The molecule has 112 valence electrons. The molecule has 3 heteroatoms. The van der Waals surface area contributed by atoms with E-state index < -0.39 is 0 Å². The first-order valence-corrected chi connectivity index (χ1v) is 8.71. The van der Waals surface area contributed by atoms with Crippen molar-refractivity contribution in [3.05, 3.63) is 67.2 Å². The van der Waals surface area contributed by atoms with Gasteiger partial charge in [-0.1, -0.05) is 48.4 Å². The van der Waals surface area contributed by atoms with Gasteiger partial charge in [-0.15, -0.1) is 0 Å². The zero-order chi connectivity index (χ0) is 15.4. The van der Waals surface area contributed by atoms with Crippen LogP contribution in [0.25, 0.3) is 0 Å². The maximum absolute atomic E-state index is 6.28. The van der Waals surface area contributed by atoms with Gasteiger partial charge in [0, 0.05) is 9.61 Å². The number of benzene rings is 2. The van der Waals surface area contributed by atoms with E-state index in [0.717, 1.165) is 21.6 Å². The van der Waals surface area contributed by atoms with Crippen molar-refractivity contribution >= 4 is 34.2 Å². The lowest BCUT2D eigenvalue weighted by Crippen LogP contribution is -2.23. The third-order valence-electron chi connectivity index (χ3n) is 3.73. The summed E-state index contributed by atoms with van der Waals surface area (Å²) in [5.74, 6) is 0. The summed E-state index contributed by atoms with van der Waals surface area (Å²) in [6.07, 6.45) is 0.984. The van der Waals surface area contributed by atoms with Crippen LogP contribution in [0.2, 0.25) is 5.02 Å². The van der Waals surface area contributed by atoms with Crippen molar-refractivity contribution < 1.29 is 0 Å². The third kappa shape index (κ3) is 4.44. The number of likely N-dealkylation sites (N-methyl/N-ethyl adjacent to an activating group) is 1. The lowest BCUT2D eigenvalue weighted by Gasteiger charge is -2.20. The van der Waals surface area contributed by atoms with Crippen molar-refractivity contribution in [3.8, 4) is 0 Å². The Morgan fingerprint density at radius 1 is 1.14 bits per heavy atom. The van der Waals surface area contributed by atoms with Crippen molar-refractivity contribution in [2.24, 2.45) is 0 Å². The van der Waals surface area contributed by atoms with Crippen molar-refractivity contribution in [3.63, 3.8) is 0 Å². The molecule has 0 aliphatic heterocycles. The summed E-state index contributed by atoms with van der Waals surface area (Å²) in [5, 5.41) is 4.41. The molecular formula is C18H21ClIN. The minimum Gasteiger partial charge on any atom is -0.310 e. The minimum atomic E-state index is 0.296. The second-order valence-corrected chi connectivity index (χ2v) is 6.99. The summed E-state index contributed by atoms with van der Waals surface area (Å²) in [6, 6.07) is 13.3. The average Bonchev–Trinajstić information content (AvgIpc) is 2.45. The molecule has 0 fully saturated rings. The summed E-state index contributed by atoms with van der Waals surface area (Å²) >= 11 is 8.55. The Morgan fingerprint density at radius 2 is 1.90 bits per heavy atom. The van der Waals surface area contributed by atoms with Crippen LogP contribution >= 0.6 is 34.2 Å². The van der Waals surface area contributed by atoms with Gasteiger partial charge in [0.25, 0.3) is 0 Å². The number of hydrogen-bond donors (Lipinski definition) is 1. The van der Waals surface area contributed by atoms with E-state index in [1.165, 1.54) is 22.3 Å². The number of hydrogen-bond acceptors (Lipinski definition) is 1. The number of rotatable bonds is 5. The topological polar surface area (TPSA) is 12.0 Å². The molecule has 0 spiro atoms. The molecule has 21 heavy (non-hydrogen) atoms. The van der Waals surface area contributed by atoms with Gasteiger partial charge >= 0.3 is 0 Å². The molecule has 0 aliphatic rings. The molecule has 1 atom stereocenters. The van der Waals surface area contributed by atoms with E-state index in [0.29, 0.717) is 6.04 Å². The van der Waals surface area contributed by atoms with Crippen LogP contribution in [-0.2, 0) is 6.42 Å². The summed E-state index contributed by atoms with van der Waals surface area (Å²) in [5.41, 5.74) is 5.31. The van der Waals surface area contributed by atoms with E-state index >= 15 is 0 Å². The van der Waals surface area contributed by atoms with Crippen LogP contribution in [0.5, 0.6) is 0 Å². The molecule has 0 bridgehead atoms. The first-order chi connectivity index (χ1) is 10.0. The maximum atomic E-state index is 6.28. The molecule has 2 rings (SSSR count). The quantitative estimate of drug-likeness (QED) is 0.642. The second kappa shape index (κ2) is 7.61. The molecule has 0 aromatic heterocycles. The SMILES string of the molecule is CCNC(Cc1cc(C)ccc1C)c1ccc(I)c(Cl)c1. The molecule has 2 aromatic carbocycles. The normalized spacial score (nSPS) is 12.4. The van der Waals surface area contributed by atoms with Crippen LogP contribution < -0.4 is 5.32 Å². The molecule has 0 heterocycles. The standard InChI is InChI=1S/C18H21ClIN/c1-4-21-18(14-7-8-17(20)16(19)10-14)11-15-9-12(2)5-6-13(15)3/h5-10,18,21H,4,11H2,1-3H3. The van der Waals surface area contributed by atoms with E-state index in [2.05, 4.69) is 85.1 Å². The molecular weight excluding hydrogens is 393 g/mol. The third-order valence-corrected chi connectivity index (χ3v) is 5.30. The fourth-order valence-corrected chi connectivity index (χ4v) is 3.05. The molecule has 1 N–H and O–H groups in total. The van der Waals surface area contributed by atoms with Crippen LogP contribution in [0.4, 0.5) is 0 Å². The average molecular weight is 414 g/mol. The highest BCUT2D eigenvalue weighted by molar-refractivity contribution is 14.1. The van der Waals surface area contributed by atoms with Gasteiger partial charge in [0.1, 0.15) is 0 Å². The zero-order valence-corrected chi connectivity index (χ0v) is 15.6. The van der Waals surface area contributed by atoms with Crippen molar-refractivity contribution in [1.29, 1.82) is 0 Å². The Hall–Kier alpha value is -0.580. The van der Waals surface area contributed by atoms with E-state index in [1.807, 2.05) is 0 Å². The van der Waals surface area contributed by atoms with Gasteiger partial charge in [-0.25, -0.2) is 0 Å². The summed E-state index contributed by atoms with van der Waals surface area (Å²) in [6.45, 7) is 7.41. The monoisotopic (exact) mass is 413 g/mol. The van der Waals surface area contributed by atoms with Crippen molar-refractivity contribution in [1.82, 2.24) is 5.32 Å². The lowest BCUT2D eigenvalue weighted by atomic mass is 9.95. The van der Waals surface area contributed by atoms with Crippen LogP contribution in [0.1, 0.15) is 35.2 Å². The Morgan fingerprint density at radius 3 is 2.57 bits per heavy atom. The van der Waals surface area contributed by atoms with Gasteiger partial charge in [0.15, 0.2) is 0 Å². The maximum Gasteiger partial charge on any atom is 0.0542 e. The van der Waals surface area contributed by atoms with Gasteiger partial charge in [0.05, 0.1) is 5.02 Å². The predicted octanol–water partition coefficient (Wildman–Crippen LogP) is 5.45. The van der Waals surface area contributed by atoms with Gasteiger partial charge in [-0.2, -0.15) is 0 Å². The largest absolute Gasteiger partial charge is 0.310 e. The van der Waals surface area contributed by atoms with Crippen LogP contribution in [0, 0.1) is 17.4 Å². The fraction of sp³-hybridized carbons (Fsp3) is 0.333. The number of aryl methyl sites for hydroxylation is 2. The van der Waals surface area contributed by atoms with Gasteiger partial charge in [-0.05, 0) is 78.2 Å². The van der Waals surface area contributed by atoms with E-state index in [1.54, 1.807) is 0 Å². The molecule has 0 saturated heterocycles. The smallest absolute Gasteiger partial charge is 0.0542 e. The predicted molar refractivity (Wildman–Crippen MR) is 100 cm³/mol. The molecule has 2 aromatic rings. The highest BCUT2D eigenvalue weighted by Crippen LogP contribution is 2.26. The Labute approximate surface area is 146 Å². The summed E-state index contributed by atoms with van der Waals surface area (Å²) in [7, 11) is 0. The van der Waals surface area contributed by atoms with Crippen LogP contribution in [0.15, 0.2) is 36.4 Å². The molecule has 0 radical (unpaired) electrons. The van der Waals surface area contributed by atoms with E-state index in [9.17, 15) is 0 Å². The Bertz CT molecular complexity index is 625. The molecule has 0 aliphatic carbocycles. The lowest BCUT2D eigenvalue weighted by molar-refractivity contribution is 0.548. The van der Waals surface area contributed by atoms with Gasteiger partial charge in [-0.3, -0.25) is 0 Å². The fourth-order valence-electron chi connectivity index (χ4n) is 2.52. The summed E-state index contributed by atoms with van der Waals surface area (Å²) < 4.78 is 1.10. The second-order valence-electron chi connectivity index (χ2n) is 5.42. The minimum absolute atomic E-state index is 0.296. The first-order valence-electron chi connectivity index (χ1n) is 7.25. The number of nitrogens with one attached hydrogen (secondary N) is 1. The van der Waals surface area contributed by atoms with Crippen molar-refractivity contribution in [2.75, 3.05) is 6.54 Å². The van der Waals surface area contributed by atoms with Crippen molar-refractivity contribution in [2.45, 2.75) is 33.2 Å². The van der Waals surface area contributed by atoms with Gasteiger partial charge in [0.2, 0.25) is 0 Å². The van der Waals surface area contributed by atoms with Crippen LogP contribution in [-0.4, -0.2) is 6.54 Å². The Balaban J connectivity index is 2.30. The van der Waals surface area contributed by atoms with Gasteiger partial charge < -0.3 is 5.32 Å². The number of halogens is 2. The first kappa shape index (κ1) is 16.8. The molecule has 1 nitrogen and oxygen atoms in total. The Kier molecular flexibility index (Phi) is 6.08. The van der Waals surface area contributed by atoms with E-state index in [-0.39, 0.29) is 0 Å².